The van der Waals surface area contributed by atoms with Crippen molar-refractivity contribution in [2.45, 2.75) is 31.7 Å². The van der Waals surface area contributed by atoms with Gasteiger partial charge in [-0.05, 0) is 37.2 Å². The van der Waals surface area contributed by atoms with Gasteiger partial charge in [-0.25, -0.2) is 4.98 Å². The molecule has 0 amide bonds. The number of rotatable bonds is 2. The second-order valence-corrected chi connectivity index (χ2v) is 6.66. The Morgan fingerprint density at radius 1 is 1.45 bits per heavy atom. The molecule has 1 spiro atoms. The van der Waals surface area contributed by atoms with E-state index in [-0.39, 0.29) is 18.1 Å². The first-order chi connectivity index (χ1) is 10.7. The number of nitriles is 1. The van der Waals surface area contributed by atoms with Gasteiger partial charge in [-0.15, -0.1) is 0 Å². The van der Waals surface area contributed by atoms with Crippen LogP contribution in [0.25, 0.3) is 0 Å². The van der Waals surface area contributed by atoms with Gasteiger partial charge in [-0.2, -0.15) is 5.26 Å². The molecule has 1 unspecified atom stereocenters. The standard InChI is InChI=1S/C16H20ClN3O2/c17-14-7-12(8-18)9-19-15(14)20-11-16(2-1-13(20)10-21)3-5-22-6-4-16/h7,9,13,21H,1-6,10-11H2. The predicted molar refractivity (Wildman–Crippen MR) is 83.9 cm³/mol. The van der Waals surface area contributed by atoms with Crippen molar-refractivity contribution in [3.05, 3.63) is 22.8 Å². The normalized spacial score (nSPS) is 24.2. The minimum absolute atomic E-state index is 0.0337. The summed E-state index contributed by atoms with van der Waals surface area (Å²) in [5, 5.41) is 19.1. The third-order valence-electron chi connectivity index (χ3n) is 4.94. The highest BCUT2D eigenvalue weighted by Crippen LogP contribution is 2.43. The van der Waals surface area contributed by atoms with Crippen LogP contribution in [0.15, 0.2) is 12.3 Å². The summed E-state index contributed by atoms with van der Waals surface area (Å²) in [6.45, 7) is 2.52. The van der Waals surface area contributed by atoms with E-state index in [1.165, 1.54) is 0 Å². The first kappa shape index (κ1) is 15.5. The largest absolute Gasteiger partial charge is 0.394 e. The van der Waals surface area contributed by atoms with Gasteiger partial charge < -0.3 is 14.7 Å². The van der Waals surface area contributed by atoms with E-state index >= 15 is 0 Å². The highest BCUT2D eigenvalue weighted by Gasteiger charge is 2.41. The van der Waals surface area contributed by atoms with Crippen LogP contribution in [0.1, 0.15) is 31.2 Å². The molecule has 0 saturated carbocycles. The van der Waals surface area contributed by atoms with Crippen LogP contribution >= 0.6 is 11.6 Å². The van der Waals surface area contributed by atoms with Crippen LogP contribution in [0.5, 0.6) is 0 Å². The minimum atomic E-state index is 0.0337. The van der Waals surface area contributed by atoms with Gasteiger partial charge in [0.05, 0.1) is 23.2 Å². The topological polar surface area (TPSA) is 69.4 Å². The highest BCUT2D eigenvalue weighted by atomic mass is 35.5. The number of piperidine rings is 1. The number of halogens is 1. The van der Waals surface area contributed by atoms with Crippen LogP contribution in [-0.2, 0) is 4.74 Å². The molecule has 2 aliphatic rings. The van der Waals surface area contributed by atoms with Crippen LogP contribution in [0.4, 0.5) is 5.82 Å². The molecule has 3 heterocycles. The number of pyridine rings is 1. The van der Waals surface area contributed by atoms with Gasteiger partial charge in [0.2, 0.25) is 0 Å². The lowest BCUT2D eigenvalue weighted by atomic mass is 9.72. The fourth-order valence-corrected chi connectivity index (χ4v) is 3.83. The maximum absolute atomic E-state index is 9.71. The lowest BCUT2D eigenvalue weighted by molar-refractivity contribution is 0.000840. The van der Waals surface area contributed by atoms with Gasteiger partial charge >= 0.3 is 0 Å². The van der Waals surface area contributed by atoms with E-state index in [0.29, 0.717) is 16.4 Å². The van der Waals surface area contributed by atoms with Gasteiger partial charge in [0.25, 0.3) is 0 Å². The Morgan fingerprint density at radius 2 is 2.23 bits per heavy atom. The summed E-state index contributed by atoms with van der Waals surface area (Å²) < 4.78 is 5.50. The van der Waals surface area contributed by atoms with Crippen molar-refractivity contribution in [2.24, 2.45) is 5.41 Å². The zero-order valence-corrected chi connectivity index (χ0v) is 13.2. The number of nitrogens with zero attached hydrogens (tertiary/aromatic N) is 3. The van der Waals surface area contributed by atoms with E-state index in [1.807, 2.05) is 6.07 Å². The second-order valence-electron chi connectivity index (χ2n) is 6.26. The Kier molecular flexibility index (Phi) is 4.53. The first-order valence-electron chi connectivity index (χ1n) is 7.68. The summed E-state index contributed by atoms with van der Waals surface area (Å²) in [6, 6.07) is 3.72. The van der Waals surface area contributed by atoms with Crippen LogP contribution in [0.2, 0.25) is 5.02 Å². The van der Waals surface area contributed by atoms with Gasteiger partial charge in [-0.1, -0.05) is 11.6 Å². The number of aromatic nitrogens is 1. The minimum Gasteiger partial charge on any atom is -0.394 e. The molecule has 5 nitrogen and oxygen atoms in total. The van der Waals surface area contributed by atoms with Crippen LogP contribution in [0.3, 0.4) is 0 Å². The molecule has 1 aromatic rings. The predicted octanol–water partition coefficient (Wildman–Crippen LogP) is 2.36. The third kappa shape index (κ3) is 2.91. The number of aliphatic hydroxyl groups excluding tert-OH is 1. The number of ether oxygens (including phenoxy) is 1. The van der Waals surface area contributed by atoms with Gasteiger partial charge in [0.15, 0.2) is 0 Å². The molecule has 3 rings (SSSR count). The Labute approximate surface area is 135 Å². The molecule has 118 valence electrons. The van der Waals surface area contributed by atoms with E-state index in [1.54, 1.807) is 12.3 Å². The highest BCUT2D eigenvalue weighted by molar-refractivity contribution is 6.33. The monoisotopic (exact) mass is 321 g/mol. The van der Waals surface area contributed by atoms with E-state index in [4.69, 9.17) is 21.6 Å². The van der Waals surface area contributed by atoms with Crippen molar-refractivity contribution >= 4 is 17.4 Å². The molecule has 2 fully saturated rings. The average Bonchev–Trinajstić information content (AvgIpc) is 2.55. The van der Waals surface area contributed by atoms with E-state index in [9.17, 15) is 5.11 Å². The lowest BCUT2D eigenvalue weighted by Gasteiger charge is -2.49. The Morgan fingerprint density at radius 3 is 2.86 bits per heavy atom. The molecule has 0 radical (unpaired) electrons. The van der Waals surface area contributed by atoms with E-state index in [0.717, 1.165) is 45.4 Å². The number of anilines is 1. The molecular weight excluding hydrogens is 302 g/mol. The molecule has 2 aliphatic heterocycles. The van der Waals surface area contributed by atoms with Crippen LogP contribution < -0.4 is 4.90 Å². The van der Waals surface area contributed by atoms with Gasteiger partial charge in [0, 0.05) is 26.0 Å². The summed E-state index contributed by atoms with van der Waals surface area (Å²) in [6.07, 6.45) is 5.65. The smallest absolute Gasteiger partial charge is 0.147 e. The molecule has 22 heavy (non-hydrogen) atoms. The van der Waals surface area contributed by atoms with Crippen molar-refractivity contribution in [3.8, 4) is 6.07 Å². The maximum Gasteiger partial charge on any atom is 0.147 e. The Hall–Kier alpha value is -1.35. The van der Waals surface area contributed by atoms with Gasteiger partial charge in [-0.3, -0.25) is 0 Å². The van der Waals surface area contributed by atoms with Crippen molar-refractivity contribution in [1.29, 1.82) is 5.26 Å². The molecule has 1 aromatic heterocycles. The van der Waals surface area contributed by atoms with Crippen molar-refractivity contribution in [3.63, 3.8) is 0 Å². The third-order valence-corrected chi connectivity index (χ3v) is 5.22. The number of hydrogen-bond donors (Lipinski definition) is 1. The van der Waals surface area contributed by atoms with Gasteiger partial charge in [0.1, 0.15) is 11.9 Å². The van der Waals surface area contributed by atoms with Crippen LogP contribution in [-0.4, -0.2) is 42.5 Å². The summed E-state index contributed by atoms with van der Waals surface area (Å²) in [5.74, 6) is 0.672. The van der Waals surface area contributed by atoms with Crippen LogP contribution in [0, 0.1) is 16.7 Å². The fraction of sp³-hybridized carbons (Fsp3) is 0.625. The fourth-order valence-electron chi connectivity index (χ4n) is 3.55. The second kappa shape index (κ2) is 6.41. The SMILES string of the molecule is N#Cc1cnc(N2CC3(CCOCC3)CCC2CO)c(Cl)c1. The zero-order valence-electron chi connectivity index (χ0n) is 12.5. The molecule has 0 aromatic carbocycles. The molecule has 0 bridgehead atoms. The van der Waals surface area contributed by atoms with Crippen molar-refractivity contribution < 1.29 is 9.84 Å². The first-order valence-corrected chi connectivity index (χ1v) is 8.06. The molecule has 0 aliphatic carbocycles. The Bertz CT molecular complexity index is 581. The maximum atomic E-state index is 9.71. The quantitative estimate of drug-likeness (QED) is 0.905. The molecule has 6 heteroatoms. The van der Waals surface area contributed by atoms with Crippen molar-refractivity contribution in [1.82, 2.24) is 4.98 Å². The molecule has 1 atom stereocenters. The summed E-state index contributed by atoms with van der Waals surface area (Å²) in [4.78, 5) is 6.50. The Balaban J connectivity index is 1.89. The summed E-state index contributed by atoms with van der Waals surface area (Å²) in [7, 11) is 0. The number of hydrogen-bond acceptors (Lipinski definition) is 5. The summed E-state index contributed by atoms with van der Waals surface area (Å²) >= 11 is 6.33. The molecular formula is C16H20ClN3O2. The lowest BCUT2D eigenvalue weighted by Crippen LogP contribution is -2.52. The molecule has 2 saturated heterocycles. The van der Waals surface area contributed by atoms with E-state index in [2.05, 4.69) is 9.88 Å². The summed E-state index contributed by atoms with van der Waals surface area (Å²) in [5.41, 5.74) is 0.676. The average molecular weight is 322 g/mol. The zero-order chi connectivity index (χ0) is 15.6. The molecule has 1 N–H and O–H groups in total. The van der Waals surface area contributed by atoms with E-state index < -0.39 is 0 Å². The number of aliphatic hydroxyl groups is 1. The van der Waals surface area contributed by atoms with Crippen molar-refractivity contribution in [2.75, 3.05) is 31.3 Å².